The molecule has 2 aromatic heterocycles. The van der Waals surface area contributed by atoms with Gasteiger partial charge >= 0.3 is 0 Å². The van der Waals surface area contributed by atoms with Gasteiger partial charge in [0.1, 0.15) is 5.03 Å². The molecule has 0 saturated carbocycles. The number of nitrogens with one attached hydrogen (secondary N) is 1. The molecule has 20 heavy (non-hydrogen) atoms. The molecule has 2 aromatic rings. The molecule has 0 saturated heterocycles. The van der Waals surface area contributed by atoms with Gasteiger partial charge in [0, 0.05) is 44.4 Å². The van der Waals surface area contributed by atoms with Crippen LogP contribution in [0.2, 0.25) is 5.02 Å². The van der Waals surface area contributed by atoms with Gasteiger partial charge in [0.05, 0.1) is 11.6 Å². The second-order valence-electron chi connectivity index (χ2n) is 3.96. The van der Waals surface area contributed by atoms with E-state index in [4.69, 9.17) is 16.3 Å². The molecule has 0 atom stereocenters. The molecule has 0 bridgehead atoms. The first-order valence-electron chi connectivity index (χ1n) is 6.08. The van der Waals surface area contributed by atoms with Crippen molar-refractivity contribution in [1.82, 2.24) is 20.3 Å². The fourth-order valence-corrected chi connectivity index (χ4v) is 2.16. The molecule has 7 heteroatoms. The Bertz CT molecular complexity index is 521. The number of pyridine rings is 1. The van der Waals surface area contributed by atoms with Gasteiger partial charge in [0.15, 0.2) is 5.16 Å². The third kappa shape index (κ3) is 5.05. The minimum absolute atomic E-state index is 0.618. The number of ether oxygens (including phenoxy) is 1. The van der Waals surface area contributed by atoms with E-state index in [1.807, 2.05) is 18.5 Å². The van der Waals surface area contributed by atoms with E-state index in [9.17, 15) is 0 Å². The Balaban J connectivity index is 1.86. The van der Waals surface area contributed by atoms with E-state index in [0.717, 1.165) is 23.7 Å². The predicted molar refractivity (Wildman–Crippen MR) is 79.0 cm³/mol. The van der Waals surface area contributed by atoms with Crippen LogP contribution in [0.1, 0.15) is 5.56 Å². The molecule has 0 aliphatic heterocycles. The summed E-state index contributed by atoms with van der Waals surface area (Å²) in [7, 11) is 1.68. The Morgan fingerprint density at radius 1 is 1.20 bits per heavy atom. The van der Waals surface area contributed by atoms with Crippen LogP contribution in [0, 0.1) is 0 Å². The number of aromatic nitrogens is 3. The second kappa shape index (κ2) is 8.16. The molecule has 1 N–H and O–H groups in total. The highest BCUT2D eigenvalue weighted by molar-refractivity contribution is 7.99. The van der Waals surface area contributed by atoms with Crippen LogP contribution >= 0.6 is 23.4 Å². The van der Waals surface area contributed by atoms with Crippen LogP contribution in [0.15, 0.2) is 40.9 Å². The van der Waals surface area contributed by atoms with Gasteiger partial charge in [-0.15, -0.1) is 0 Å². The minimum Gasteiger partial charge on any atom is -0.383 e. The van der Waals surface area contributed by atoms with Gasteiger partial charge in [-0.3, -0.25) is 0 Å². The predicted octanol–water partition coefficient (Wildman–Crippen LogP) is 2.41. The van der Waals surface area contributed by atoms with Gasteiger partial charge in [-0.2, -0.15) is 0 Å². The highest BCUT2D eigenvalue weighted by Gasteiger charge is 2.02. The lowest BCUT2D eigenvalue weighted by Gasteiger charge is -2.04. The number of rotatable bonds is 7. The Kier molecular flexibility index (Phi) is 6.20. The van der Waals surface area contributed by atoms with Crippen LogP contribution in [0.5, 0.6) is 0 Å². The lowest BCUT2D eigenvalue weighted by atomic mass is 10.3. The van der Waals surface area contributed by atoms with Crippen molar-refractivity contribution in [3.05, 3.63) is 41.3 Å². The Labute approximate surface area is 127 Å². The summed E-state index contributed by atoms with van der Waals surface area (Å²) in [6, 6.07) is 3.64. The summed E-state index contributed by atoms with van der Waals surface area (Å²) in [5.74, 6) is 0. The van der Waals surface area contributed by atoms with Crippen molar-refractivity contribution in [1.29, 1.82) is 0 Å². The lowest BCUT2D eigenvalue weighted by molar-refractivity contribution is 0.199. The summed E-state index contributed by atoms with van der Waals surface area (Å²) < 4.78 is 4.96. The quantitative estimate of drug-likeness (QED) is 0.626. The molecule has 0 aliphatic carbocycles. The van der Waals surface area contributed by atoms with Gasteiger partial charge in [-0.05, 0) is 23.9 Å². The van der Waals surface area contributed by atoms with Crippen molar-refractivity contribution in [3.8, 4) is 0 Å². The van der Waals surface area contributed by atoms with Crippen molar-refractivity contribution in [2.24, 2.45) is 0 Å². The van der Waals surface area contributed by atoms with E-state index < -0.39 is 0 Å². The molecule has 2 heterocycles. The fourth-order valence-electron chi connectivity index (χ4n) is 1.41. The molecular weight excluding hydrogens is 296 g/mol. The average Bonchev–Trinajstić information content (AvgIpc) is 2.48. The average molecular weight is 311 g/mol. The smallest absolute Gasteiger partial charge is 0.193 e. The summed E-state index contributed by atoms with van der Waals surface area (Å²) in [6.07, 6.45) is 5.23. The number of hydrogen-bond acceptors (Lipinski definition) is 6. The topological polar surface area (TPSA) is 59.9 Å². The van der Waals surface area contributed by atoms with Crippen LogP contribution < -0.4 is 5.32 Å². The molecule has 0 aromatic carbocycles. The van der Waals surface area contributed by atoms with E-state index in [-0.39, 0.29) is 0 Å². The largest absolute Gasteiger partial charge is 0.383 e. The number of methoxy groups -OCH3 is 1. The fraction of sp³-hybridized carbons (Fsp3) is 0.308. The number of halogens is 1. The van der Waals surface area contributed by atoms with Crippen molar-refractivity contribution in [2.45, 2.75) is 16.7 Å². The van der Waals surface area contributed by atoms with Gasteiger partial charge in [0.2, 0.25) is 0 Å². The van der Waals surface area contributed by atoms with Gasteiger partial charge in [-0.25, -0.2) is 15.0 Å². The highest BCUT2D eigenvalue weighted by atomic mass is 35.5. The molecule has 106 valence electrons. The van der Waals surface area contributed by atoms with E-state index in [1.54, 1.807) is 19.4 Å². The molecule has 5 nitrogen and oxygen atoms in total. The molecule has 0 fully saturated rings. The van der Waals surface area contributed by atoms with Crippen LogP contribution in [0.25, 0.3) is 0 Å². The minimum atomic E-state index is 0.618. The third-order valence-corrected chi connectivity index (χ3v) is 3.46. The maximum Gasteiger partial charge on any atom is 0.193 e. The summed E-state index contributed by atoms with van der Waals surface area (Å²) in [4.78, 5) is 12.8. The van der Waals surface area contributed by atoms with Crippen LogP contribution in [-0.2, 0) is 11.3 Å². The molecule has 0 unspecified atom stereocenters. The van der Waals surface area contributed by atoms with Crippen LogP contribution in [0.3, 0.4) is 0 Å². The maximum atomic E-state index is 5.79. The SMILES string of the molecule is COCCNCc1cnc(Sc2ccc(Cl)cn2)nc1. The van der Waals surface area contributed by atoms with E-state index >= 15 is 0 Å². The summed E-state index contributed by atoms with van der Waals surface area (Å²) >= 11 is 7.19. The maximum absolute atomic E-state index is 5.79. The molecular formula is C13H15ClN4OS. The van der Waals surface area contributed by atoms with Crippen molar-refractivity contribution < 1.29 is 4.74 Å². The Morgan fingerprint density at radius 3 is 2.65 bits per heavy atom. The van der Waals surface area contributed by atoms with Gasteiger partial charge < -0.3 is 10.1 Å². The first-order valence-corrected chi connectivity index (χ1v) is 7.27. The molecule has 2 rings (SSSR count). The van der Waals surface area contributed by atoms with Crippen molar-refractivity contribution in [3.63, 3.8) is 0 Å². The van der Waals surface area contributed by atoms with Crippen molar-refractivity contribution >= 4 is 23.4 Å². The normalized spacial score (nSPS) is 10.7. The van der Waals surface area contributed by atoms with Crippen LogP contribution in [-0.4, -0.2) is 35.2 Å². The Morgan fingerprint density at radius 2 is 2.00 bits per heavy atom. The highest BCUT2D eigenvalue weighted by Crippen LogP contribution is 2.22. The number of hydrogen-bond donors (Lipinski definition) is 1. The standard InChI is InChI=1S/C13H15ClN4OS/c1-19-5-4-15-6-10-7-17-13(18-8-10)20-12-3-2-11(14)9-16-12/h2-3,7-9,15H,4-6H2,1H3. The molecule has 0 amide bonds. The summed E-state index contributed by atoms with van der Waals surface area (Å²) in [5.41, 5.74) is 1.04. The second-order valence-corrected chi connectivity index (χ2v) is 5.38. The molecule has 0 spiro atoms. The monoisotopic (exact) mass is 310 g/mol. The first kappa shape index (κ1) is 15.2. The van der Waals surface area contributed by atoms with E-state index in [1.165, 1.54) is 11.8 Å². The Hall–Kier alpha value is -1.21. The zero-order chi connectivity index (χ0) is 14.2. The van der Waals surface area contributed by atoms with Gasteiger partial charge in [0.25, 0.3) is 0 Å². The zero-order valence-corrected chi connectivity index (χ0v) is 12.6. The van der Waals surface area contributed by atoms with Gasteiger partial charge in [-0.1, -0.05) is 11.6 Å². The van der Waals surface area contributed by atoms with Crippen molar-refractivity contribution in [2.75, 3.05) is 20.3 Å². The first-order chi connectivity index (χ1) is 9.78. The van der Waals surface area contributed by atoms with Crippen LogP contribution in [0.4, 0.5) is 0 Å². The molecule has 0 radical (unpaired) electrons. The zero-order valence-electron chi connectivity index (χ0n) is 11.0. The summed E-state index contributed by atoms with van der Waals surface area (Å²) in [6.45, 7) is 2.23. The lowest BCUT2D eigenvalue weighted by Crippen LogP contribution is -2.18. The molecule has 0 aliphatic rings. The third-order valence-electron chi connectivity index (χ3n) is 2.39. The van der Waals surface area contributed by atoms with E-state index in [0.29, 0.717) is 16.8 Å². The summed E-state index contributed by atoms with van der Waals surface area (Å²) in [5, 5.41) is 5.34. The van der Waals surface area contributed by atoms with E-state index in [2.05, 4.69) is 20.3 Å². The number of nitrogens with zero attached hydrogens (tertiary/aromatic N) is 3.